The zero-order valence-corrected chi connectivity index (χ0v) is 18.8. The van der Waals surface area contributed by atoms with Crippen LogP contribution in [0.25, 0.3) is 5.69 Å². The van der Waals surface area contributed by atoms with Crippen molar-refractivity contribution in [1.82, 2.24) is 25.4 Å². The molecule has 0 saturated heterocycles. The number of aromatic nitrogens is 3. The van der Waals surface area contributed by atoms with Crippen LogP contribution in [0.1, 0.15) is 18.3 Å². The number of guanidine groups is 1. The molecule has 28 heavy (non-hydrogen) atoms. The molecule has 148 valence electrons. The first-order chi connectivity index (χ1) is 13.3. The molecular formula is C20H24ClIN6. The van der Waals surface area contributed by atoms with Crippen LogP contribution in [0.2, 0.25) is 5.02 Å². The van der Waals surface area contributed by atoms with E-state index in [1.165, 1.54) is 5.56 Å². The highest BCUT2D eigenvalue weighted by atomic mass is 127. The van der Waals surface area contributed by atoms with Crippen molar-refractivity contribution < 1.29 is 0 Å². The second-order valence-electron chi connectivity index (χ2n) is 5.95. The van der Waals surface area contributed by atoms with Crippen LogP contribution in [0.5, 0.6) is 0 Å². The minimum Gasteiger partial charge on any atom is -0.357 e. The van der Waals surface area contributed by atoms with Gasteiger partial charge in [0.25, 0.3) is 0 Å². The van der Waals surface area contributed by atoms with E-state index in [2.05, 4.69) is 25.8 Å². The normalized spacial score (nSPS) is 11.0. The van der Waals surface area contributed by atoms with Crippen molar-refractivity contribution >= 4 is 41.5 Å². The summed E-state index contributed by atoms with van der Waals surface area (Å²) in [5.74, 6) is 1.55. The molecular weight excluding hydrogens is 487 g/mol. The highest BCUT2D eigenvalue weighted by Gasteiger charge is 2.06. The zero-order valence-electron chi connectivity index (χ0n) is 15.7. The number of nitrogens with zero attached hydrogens (tertiary/aromatic N) is 4. The molecule has 8 heteroatoms. The van der Waals surface area contributed by atoms with E-state index in [0.717, 1.165) is 42.0 Å². The van der Waals surface area contributed by atoms with Gasteiger partial charge < -0.3 is 10.6 Å². The van der Waals surface area contributed by atoms with E-state index in [4.69, 9.17) is 11.6 Å². The van der Waals surface area contributed by atoms with Crippen molar-refractivity contribution in [2.24, 2.45) is 4.99 Å². The molecule has 3 rings (SSSR count). The Balaban J connectivity index is 0.00000280. The third-order valence-electron chi connectivity index (χ3n) is 3.99. The van der Waals surface area contributed by atoms with Gasteiger partial charge in [0.15, 0.2) is 11.8 Å². The summed E-state index contributed by atoms with van der Waals surface area (Å²) in [5, 5.41) is 15.6. The topological polar surface area (TPSA) is 67.1 Å². The van der Waals surface area contributed by atoms with Crippen LogP contribution in [0.15, 0.2) is 65.9 Å². The lowest BCUT2D eigenvalue weighted by Gasteiger charge is -2.11. The molecule has 0 amide bonds. The molecule has 1 aromatic heterocycles. The molecule has 1 heterocycles. The number of para-hydroxylation sites is 1. The molecule has 0 bridgehead atoms. The maximum atomic E-state index is 5.93. The third-order valence-corrected chi connectivity index (χ3v) is 4.25. The molecule has 0 saturated carbocycles. The average Bonchev–Trinajstić information content (AvgIpc) is 3.17. The minimum atomic E-state index is 0. The van der Waals surface area contributed by atoms with Crippen LogP contribution < -0.4 is 10.6 Å². The Morgan fingerprint density at radius 3 is 2.54 bits per heavy atom. The Morgan fingerprint density at radius 2 is 1.82 bits per heavy atom. The van der Waals surface area contributed by atoms with Crippen molar-refractivity contribution in [2.75, 3.05) is 13.1 Å². The van der Waals surface area contributed by atoms with Gasteiger partial charge in [-0.25, -0.2) is 4.99 Å². The molecule has 0 unspecified atom stereocenters. The van der Waals surface area contributed by atoms with Gasteiger partial charge in [-0.2, -0.15) is 0 Å². The first-order valence-corrected chi connectivity index (χ1v) is 9.35. The molecule has 0 radical (unpaired) electrons. The fraction of sp³-hybridized carbons (Fsp3) is 0.250. The highest BCUT2D eigenvalue weighted by Crippen LogP contribution is 2.10. The molecule has 0 aliphatic rings. The summed E-state index contributed by atoms with van der Waals surface area (Å²) in [7, 11) is 0. The molecule has 0 aliphatic carbocycles. The van der Waals surface area contributed by atoms with Crippen LogP contribution in [-0.4, -0.2) is 33.8 Å². The summed E-state index contributed by atoms with van der Waals surface area (Å²) < 4.78 is 1.95. The van der Waals surface area contributed by atoms with Gasteiger partial charge in [-0.1, -0.05) is 41.9 Å². The molecule has 0 spiro atoms. The number of aliphatic imine (C=N–C) groups is 1. The van der Waals surface area contributed by atoms with Gasteiger partial charge in [0, 0.05) is 23.8 Å². The van der Waals surface area contributed by atoms with Gasteiger partial charge in [-0.3, -0.25) is 4.57 Å². The summed E-state index contributed by atoms with van der Waals surface area (Å²) in [6.07, 6.45) is 2.60. The molecule has 2 N–H and O–H groups in total. The van der Waals surface area contributed by atoms with E-state index < -0.39 is 0 Å². The van der Waals surface area contributed by atoms with Crippen LogP contribution >= 0.6 is 35.6 Å². The highest BCUT2D eigenvalue weighted by molar-refractivity contribution is 14.0. The predicted molar refractivity (Wildman–Crippen MR) is 125 cm³/mol. The Labute approximate surface area is 187 Å². The predicted octanol–water partition coefficient (Wildman–Crippen LogP) is 3.84. The fourth-order valence-electron chi connectivity index (χ4n) is 2.64. The maximum absolute atomic E-state index is 5.93. The first kappa shape index (κ1) is 22.2. The van der Waals surface area contributed by atoms with Gasteiger partial charge in [-0.15, -0.1) is 34.2 Å². The first-order valence-electron chi connectivity index (χ1n) is 8.97. The van der Waals surface area contributed by atoms with Crippen molar-refractivity contribution in [3.05, 3.63) is 77.3 Å². The number of nitrogens with one attached hydrogen (secondary N) is 2. The smallest absolute Gasteiger partial charge is 0.191 e. The molecule has 3 aromatic rings. The standard InChI is InChI=1S/C20H23ClN6.HI/c1-2-22-20(23-13-12-16-8-10-17(21)11-9-16)24-14-19-26-25-15-27(19)18-6-4-3-5-7-18;/h3-11,15H,2,12-14H2,1H3,(H2,22,23,24);1H. The van der Waals surface area contributed by atoms with Crippen LogP contribution in [0.3, 0.4) is 0 Å². The average molecular weight is 511 g/mol. The number of benzene rings is 2. The summed E-state index contributed by atoms with van der Waals surface area (Å²) >= 11 is 5.93. The van der Waals surface area contributed by atoms with Gasteiger partial charge in [0.05, 0.1) is 0 Å². The number of rotatable bonds is 7. The van der Waals surface area contributed by atoms with Crippen molar-refractivity contribution in [1.29, 1.82) is 0 Å². The van der Waals surface area contributed by atoms with Crippen LogP contribution in [-0.2, 0) is 13.0 Å². The second-order valence-corrected chi connectivity index (χ2v) is 6.39. The van der Waals surface area contributed by atoms with E-state index in [-0.39, 0.29) is 24.0 Å². The monoisotopic (exact) mass is 510 g/mol. The molecule has 2 aromatic carbocycles. The second kappa shape index (κ2) is 11.7. The van der Waals surface area contributed by atoms with Gasteiger partial charge in [0.1, 0.15) is 12.9 Å². The van der Waals surface area contributed by atoms with E-state index >= 15 is 0 Å². The largest absolute Gasteiger partial charge is 0.357 e. The molecule has 0 atom stereocenters. The Kier molecular flexibility index (Phi) is 9.22. The molecule has 6 nitrogen and oxygen atoms in total. The van der Waals surface area contributed by atoms with Gasteiger partial charge in [0.2, 0.25) is 0 Å². The quantitative estimate of drug-likeness (QED) is 0.288. The van der Waals surface area contributed by atoms with Gasteiger partial charge in [-0.05, 0) is 43.2 Å². The lowest BCUT2D eigenvalue weighted by molar-refractivity contribution is 0.784. The van der Waals surface area contributed by atoms with Crippen LogP contribution in [0.4, 0.5) is 0 Å². The number of hydrogen-bond acceptors (Lipinski definition) is 3. The fourth-order valence-corrected chi connectivity index (χ4v) is 2.76. The van der Waals surface area contributed by atoms with E-state index in [0.29, 0.717) is 6.54 Å². The van der Waals surface area contributed by atoms with Crippen molar-refractivity contribution in [2.45, 2.75) is 19.9 Å². The Hall–Kier alpha value is -2.13. The van der Waals surface area contributed by atoms with E-state index in [1.54, 1.807) is 6.33 Å². The van der Waals surface area contributed by atoms with Crippen molar-refractivity contribution in [3.63, 3.8) is 0 Å². The SMILES string of the molecule is CCNC(=NCc1nncn1-c1ccccc1)NCCc1ccc(Cl)cc1.I. The lowest BCUT2D eigenvalue weighted by atomic mass is 10.1. The molecule has 0 fully saturated rings. The Morgan fingerprint density at radius 1 is 1.07 bits per heavy atom. The van der Waals surface area contributed by atoms with E-state index in [9.17, 15) is 0 Å². The van der Waals surface area contributed by atoms with Crippen LogP contribution in [0, 0.1) is 0 Å². The third kappa shape index (κ3) is 6.49. The minimum absolute atomic E-state index is 0. The lowest BCUT2D eigenvalue weighted by Crippen LogP contribution is -2.38. The molecule has 0 aliphatic heterocycles. The number of hydrogen-bond donors (Lipinski definition) is 2. The number of halogens is 2. The summed E-state index contributed by atoms with van der Waals surface area (Å²) in [4.78, 5) is 4.64. The van der Waals surface area contributed by atoms with E-state index in [1.807, 2.05) is 66.1 Å². The zero-order chi connectivity index (χ0) is 18.9. The Bertz CT molecular complexity index is 864. The van der Waals surface area contributed by atoms with Crippen molar-refractivity contribution in [3.8, 4) is 5.69 Å². The summed E-state index contributed by atoms with van der Waals surface area (Å²) in [5.41, 5.74) is 2.25. The summed E-state index contributed by atoms with van der Waals surface area (Å²) in [6, 6.07) is 17.9. The van der Waals surface area contributed by atoms with Gasteiger partial charge >= 0.3 is 0 Å². The summed E-state index contributed by atoms with van der Waals surface area (Å²) in [6.45, 7) is 4.05. The maximum Gasteiger partial charge on any atom is 0.191 e.